The van der Waals surface area contributed by atoms with Gasteiger partial charge in [-0.15, -0.1) is 0 Å². The first-order valence-corrected chi connectivity index (χ1v) is 12.0. The van der Waals surface area contributed by atoms with Crippen molar-refractivity contribution in [2.75, 3.05) is 18.8 Å². The summed E-state index contributed by atoms with van der Waals surface area (Å²) in [6, 6.07) is 15.9. The maximum absolute atomic E-state index is 13.2. The van der Waals surface area contributed by atoms with Crippen LogP contribution in [0.3, 0.4) is 0 Å². The normalized spacial score (nSPS) is 13.8. The fourth-order valence-electron chi connectivity index (χ4n) is 3.89. The monoisotopic (exact) mass is 464 g/mol. The summed E-state index contributed by atoms with van der Waals surface area (Å²) < 4.78 is 27.9. The molecule has 0 aliphatic carbocycles. The van der Waals surface area contributed by atoms with E-state index >= 15 is 0 Å². The van der Waals surface area contributed by atoms with E-state index in [1.807, 2.05) is 30.3 Å². The number of nitrogen functional groups attached to an aromatic ring is 1. The molecule has 0 bridgehead atoms. The van der Waals surface area contributed by atoms with Gasteiger partial charge in [0.15, 0.2) is 5.82 Å². The molecule has 10 heteroatoms. The Kier molecular flexibility index (Phi) is 6.44. The predicted octanol–water partition coefficient (Wildman–Crippen LogP) is 1.97. The van der Waals surface area contributed by atoms with E-state index in [0.29, 0.717) is 50.2 Å². The summed E-state index contributed by atoms with van der Waals surface area (Å²) in [6.45, 7) is 1.07. The molecule has 1 amide bonds. The quantitative estimate of drug-likeness (QED) is 0.456. The van der Waals surface area contributed by atoms with Crippen molar-refractivity contribution in [2.45, 2.75) is 30.7 Å². The van der Waals surface area contributed by atoms with Crippen molar-refractivity contribution in [1.82, 2.24) is 19.8 Å². The molecule has 3 aromatic rings. The van der Waals surface area contributed by atoms with Crippen LogP contribution in [0.15, 0.2) is 53.4 Å². The van der Waals surface area contributed by atoms with Crippen LogP contribution in [0.4, 0.5) is 5.82 Å². The first-order chi connectivity index (χ1) is 15.9. The third-order valence-corrected chi connectivity index (χ3v) is 7.54. The fraction of sp³-hybridized carbons (Fsp3) is 0.261. The lowest BCUT2D eigenvalue weighted by molar-refractivity contribution is 0.0953. The van der Waals surface area contributed by atoms with Gasteiger partial charge in [0.1, 0.15) is 11.6 Å². The van der Waals surface area contributed by atoms with Crippen molar-refractivity contribution in [1.29, 1.82) is 5.26 Å². The molecule has 0 radical (unpaired) electrons. The Bertz CT molecular complexity index is 1330. The smallest absolute Gasteiger partial charge is 0.251 e. The number of nitrogens with one attached hydrogen (secondary N) is 2. The van der Waals surface area contributed by atoms with Gasteiger partial charge in [-0.2, -0.15) is 14.7 Å². The van der Waals surface area contributed by atoms with E-state index in [2.05, 4.69) is 15.5 Å². The highest BCUT2D eigenvalue weighted by Crippen LogP contribution is 2.25. The van der Waals surface area contributed by atoms with Crippen LogP contribution in [0.25, 0.3) is 0 Å². The van der Waals surface area contributed by atoms with Crippen molar-refractivity contribution in [3.05, 3.63) is 76.5 Å². The second kappa shape index (κ2) is 9.44. The second-order valence-electron chi connectivity index (χ2n) is 7.82. The van der Waals surface area contributed by atoms with Crippen LogP contribution in [-0.4, -0.2) is 41.9 Å². The van der Waals surface area contributed by atoms with E-state index < -0.39 is 10.0 Å². The number of nitrogens with zero attached hydrogens (tertiary/aromatic N) is 3. The zero-order chi connectivity index (χ0) is 23.4. The van der Waals surface area contributed by atoms with E-state index in [1.54, 1.807) is 12.1 Å². The SMILES string of the molecule is N#Cc1c(N)n[nH]c1CCCNC(=O)c1cccc(S(=O)(=O)N2CCc3ccccc3C2)c1. The molecule has 1 aromatic heterocycles. The molecule has 33 heavy (non-hydrogen) atoms. The first kappa shape index (κ1) is 22.5. The minimum atomic E-state index is -3.73. The Morgan fingerprint density at radius 1 is 1.21 bits per heavy atom. The molecule has 4 N–H and O–H groups in total. The highest BCUT2D eigenvalue weighted by atomic mass is 32.2. The van der Waals surface area contributed by atoms with Gasteiger partial charge in [0.2, 0.25) is 10.0 Å². The van der Waals surface area contributed by atoms with E-state index in [4.69, 9.17) is 11.0 Å². The highest BCUT2D eigenvalue weighted by molar-refractivity contribution is 7.89. The lowest BCUT2D eigenvalue weighted by atomic mass is 10.0. The molecule has 0 unspecified atom stereocenters. The summed E-state index contributed by atoms with van der Waals surface area (Å²) in [7, 11) is -3.73. The number of anilines is 1. The van der Waals surface area contributed by atoms with Crippen LogP contribution in [0, 0.1) is 11.3 Å². The molecule has 1 aliphatic rings. The molecule has 2 aromatic carbocycles. The van der Waals surface area contributed by atoms with Gasteiger partial charge in [-0.3, -0.25) is 9.89 Å². The molecule has 0 spiro atoms. The second-order valence-corrected chi connectivity index (χ2v) is 9.76. The molecule has 0 atom stereocenters. The van der Waals surface area contributed by atoms with Crippen molar-refractivity contribution < 1.29 is 13.2 Å². The Hall–Kier alpha value is -3.68. The lowest BCUT2D eigenvalue weighted by Gasteiger charge is -2.28. The lowest BCUT2D eigenvalue weighted by Crippen LogP contribution is -2.36. The molecule has 9 nitrogen and oxygen atoms in total. The number of sulfonamides is 1. The van der Waals surface area contributed by atoms with Crippen molar-refractivity contribution >= 4 is 21.7 Å². The number of amides is 1. The molecule has 4 rings (SSSR count). The molecular weight excluding hydrogens is 440 g/mol. The molecule has 2 heterocycles. The van der Waals surface area contributed by atoms with Gasteiger partial charge in [0, 0.05) is 25.2 Å². The predicted molar refractivity (Wildman–Crippen MR) is 123 cm³/mol. The Morgan fingerprint density at radius 2 is 2.00 bits per heavy atom. The number of rotatable bonds is 7. The largest absolute Gasteiger partial charge is 0.381 e. The van der Waals surface area contributed by atoms with Gasteiger partial charge in [-0.05, 0) is 48.6 Å². The minimum Gasteiger partial charge on any atom is -0.381 e. The molecule has 1 aliphatic heterocycles. The third kappa shape index (κ3) is 4.74. The van der Waals surface area contributed by atoms with Gasteiger partial charge in [-0.25, -0.2) is 8.42 Å². The topological polar surface area (TPSA) is 145 Å². The number of hydrogen-bond acceptors (Lipinski definition) is 6. The first-order valence-electron chi connectivity index (χ1n) is 10.6. The van der Waals surface area contributed by atoms with Gasteiger partial charge in [-0.1, -0.05) is 30.3 Å². The Morgan fingerprint density at radius 3 is 2.79 bits per heavy atom. The Labute approximate surface area is 192 Å². The fourth-order valence-corrected chi connectivity index (χ4v) is 5.36. The van der Waals surface area contributed by atoms with Crippen LogP contribution in [0.1, 0.15) is 39.2 Å². The van der Waals surface area contributed by atoms with Crippen LogP contribution in [-0.2, 0) is 29.4 Å². The number of aromatic amines is 1. The Balaban J connectivity index is 1.39. The number of carbonyl (C=O) groups excluding carboxylic acids is 1. The zero-order valence-electron chi connectivity index (χ0n) is 17.9. The number of fused-ring (bicyclic) bond motifs is 1. The summed E-state index contributed by atoms with van der Waals surface area (Å²) in [6.07, 6.45) is 1.72. The van der Waals surface area contributed by atoms with Gasteiger partial charge >= 0.3 is 0 Å². The average Bonchev–Trinajstić information content (AvgIpc) is 3.20. The maximum Gasteiger partial charge on any atom is 0.251 e. The number of hydrogen-bond donors (Lipinski definition) is 3. The molecular formula is C23H24N6O3S. The summed E-state index contributed by atoms with van der Waals surface area (Å²) in [5, 5.41) is 18.4. The molecule has 0 saturated carbocycles. The van der Waals surface area contributed by atoms with Gasteiger partial charge < -0.3 is 11.1 Å². The molecule has 0 fully saturated rings. The van der Waals surface area contributed by atoms with Crippen molar-refractivity contribution in [3.8, 4) is 6.07 Å². The van der Waals surface area contributed by atoms with Crippen LogP contribution >= 0.6 is 0 Å². The average molecular weight is 465 g/mol. The summed E-state index contributed by atoms with van der Waals surface area (Å²) in [5.74, 6) is -0.201. The van der Waals surface area contributed by atoms with Gasteiger partial charge in [0.25, 0.3) is 5.91 Å². The van der Waals surface area contributed by atoms with Crippen LogP contribution < -0.4 is 11.1 Å². The van der Waals surface area contributed by atoms with E-state index in [-0.39, 0.29) is 22.2 Å². The summed E-state index contributed by atoms with van der Waals surface area (Å²) in [5.41, 5.74) is 9.00. The number of nitriles is 1. The van der Waals surface area contributed by atoms with Gasteiger partial charge in [0.05, 0.1) is 10.6 Å². The van der Waals surface area contributed by atoms with Crippen molar-refractivity contribution in [3.63, 3.8) is 0 Å². The molecule has 170 valence electrons. The van der Waals surface area contributed by atoms with Crippen LogP contribution in [0.5, 0.6) is 0 Å². The number of nitrogens with two attached hydrogens (primary N) is 1. The number of benzene rings is 2. The number of H-pyrrole nitrogens is 1. The maximum atomic E-state index is 13.2. The van der Waals surface area contributed by atoms with E-state index in [9.17, 15) is 13.2 Å². The minimum absolute atomic E-state index is 0.0983. The third-order valence-electron chi connectivity index (χ3n) is 5.70. The zero-order valence-corrected chi connectivity index (χ0v) is 18.7. The molecule has 0 saturated heterocycles. The van der Waals surface area contributed by atoms with Crippen molar-refractivity contribution in [2.24, 2.45) is 0 Å². The highest BCUT2D eigenvalue weighted by Gasteiger charge is 2.28. The van der Waals surface area contributed by atoms with E-state index in [0.717, 1.165) is 11.1 Å². The van der Waals surface area contributed by atoms with Crippen LogP contribution in [0.2, 0.25) is 0 Å². The summed E-state index contributed by atoms with van der Waals surface area (Å²) in [4.78, 5) is 12.7. The number of aromatic nitrogens is 2. The summed E-state index contributed by atoms with van der Waals surface area (Å²) >= 11 is 0. The number of carbonyl (C=O) groups is 1. The standard InChI is InChI=1S/C23H24N6O3S/c24-14-20-21(27-28-22(20)25)9-4-11-26-23(30)17-7-3-8-19(13-17)33(31,32)29-12-10-16-5-1-2-6-18(16)15-29/h1-3,5-8,13H,4,9-12,15H2,(H,26,30)(H3,25,27,28). The van der Waals surface area contributed by atoms with E-state index in [1.165, 1.54) is 16.4 Å². The number of aryl methyl sites for hydroxylation is 1.